The number of nitrogens with one attached hydrogen (secondary N) is 1. The highest BCUT2D eigenvalue weighted by atomic mass is 35.5. The Bertz CT molecular complexity index is 490. The van der Waals surface area contributed by atoms with Crippen molar-refractivity contribution in [3.63, 3.8) is 0 Å². The number of unbranched alkanes of at least 4 members (excludes halogenated alkanes) is 1. The van der Waals surface area contributed by atoms with Gasteiger partial charge in [0.2, 0.25) is 0 Å². The quantitative estimate of drug-likeness (QED) is 0.312. The van der Waals surface area contributed by atoms with Crippen LogP contribution < -0.4 is 10.5 Å². The third-order valence-electron chi connectivity index (χ3n) is 3.16. The summed E-state index contributed by atoms with van der Waals surface area (Å²) in [4.78, 5) is 0. The lowest BCUT2D eigenvalue weighted by atomic mass is 9.86. The zero-order chi connectivity index (χ0) is 15.3. The van der Waals surface area contributed by atoms with E-state index in [0.717, 1.165) is 19.3 Å². The van der Waals surface area contributed by atoms with Crippen LogP contribution in [-0.2, 0) is 0 Å². The van der Waals surface area contributed by atoms with Crippen molar-refractivity contribution in [1.82, 2.24) is 0 Å². The van der Waals surface area contributed by atoms with Crippen LogP contribution in [0.3, 0.4) is 0 Å². The largest absolute Gasteiger partial charge is 0.492 e. The molecule has 0 aliphatic rings. The standard InChI is InChI=1S/C14H19Cl3N2O/c1-14(2,13(18)19)5-3-4-6-20-12-8-10(16)9(15)7-11(12)17/h7-8H,3-6H2,1-2H3,(H3,18,19). The Morgan fingerprint density at radius 1 is 1.15 bits per heavy atom. The van der Waals surface area contributed by atoms with Crippen molar-refractivity contribution in [2.45, 2.75) is 33.1 Å². The number of benzene rings is 1. The number of hydrogen-bond acceptors (Lipinski definition) is 2. The molecule has 0 atom stereocenters. The first-order valence-electron chi connectivity index (χ1n) is 6.36. The predicted molar refractivity (Wildman–Crippen MR) is 86.5 cm³/mol. The van der Waals surface area contributed by atoms with Crippen molar-refractivity contribution in [2.24, 2.45) is 11.1 Å². The van der Waals surface area contributed by atoms with E-state index in [4.69, 9.17) is 50.7 Å². The maximum Gasteiger partial charge on any atom is 0.139 e. The van der Waals surface area contributed by atoms with Gasteiger partial charge in [0, 0.05) is 11.5 Å². The van der Waals surface area contributed by atoms with E-state index in [1.807, 2.05) is 13.8 Å². The van der Waals surface area contributed by atoms with E-state index in [1.165, 1.54) is 0 Å². The van der Waals surface area contributed by atoms with Gasteiger partial charge in [0.15, 0.2) is 0 Å². The Balaban J connectivity index is 2.39. The normalized spacial score (nSPS) is 11.4. The fourth-order valence-corrected chi connectivity index (χ4v) is 2.19. The molecule has 0 fully saturated rings. The van der Waals surface area contributed by atoms with Crippen LogP contribution in [0.15, 0.2) is 12.1 Å². The molecule has 0 unspecified atom stereocenters. The van der Waals surface area contributed by atoms with E-state index in [2.05, 4.69) is 0 Å². The van der Waals surface area contributed by atoms with Crippen molar-refractivity contribution in [3.05, 3.63) is 27.2 Å². The molecule has 0 aliphatic carbocycles. The average molecular weight is 338 g/mol. The van der Waals surface area contributed by atoms with E-state index in [-0.39, 0.29) is 11.3 Å². The fourth-order valence-electron chi connectivity index (χ4n) is 1.60. The summed E-state index contributed by atoms with van der Waals surface area (Å²) in [6.07, 6.45) is 2.62. The molecule has 0 spiro atoms. The molecular weight excluding hydrogens is 319 g/mol. The number of rotatable bonds is 7. The highest BCUT2D eigenvalue weighted by molar-refractivity contribution is 6.43. The number of hydrogen-bond donors (Lipinski definition) is 2. The minimum atomic E-state index is -0.263. The molecule has 3 nitrogen and oxygen atoms in total. The van der Waals surface area contributed by atoms with Gasteiger partial charge in [-0.25, -0.2) is 0 Å². The fraction of sp³-hybridized carbons (Fsp3) is 0.500. The van der Waals surface area contributed by atoms with Crippen LogP contribution in [0.5, 0.6) is 5.75 Å². The van der Waals surface area contributed by atoms with E-state index >= 15 is 0 Å². The number of amidine groups is 1. The third kappa shape index (κ3) is 5.04. The second-order valence-electron chi connectivity index (χ2n) is 5.30. The summed E-state index contributed by atoms with van der Waals surface area (Å²) >= 11 is 17.8. The Morgan fingerprint density at radius 2 is 1.75 bits per heavy atom. The van der Waals surface area contributed by atoms with Gasteiger partial charge in [0.1, 0.15) is 5.75 Å². The molecule has 3 N–H and O–H groups in total. The molecule has 20 heavy (non-hydrogen) atoms. The Kier molecular flexibility index (Phi) is 6.44. The molecule has 1 aromatic rings. The van der Waals surface area contributed by atoms with Gasteiger partial charge in [-0.15, -0.1) is 0 Å². The number of halogens is 3. The van der Waals surface area contributed by atoms with Crippen LogP contribution >= 0.6 is 34.8 Å². The molecule has 0 radical (unpaired) electrons. The second kappa shape index (κ2) is 7.39. The molecule has 0 aliphatic heterocycles. The molecule has 0 amide bonds. The maximum atomic E-state index is 7.49. The number of ether oxygens (including phenoxy) is 1. The molecule has 0 aromatic heterocycles. The zero-order valence-electron chi connectivity index (χ0n) is 11.6. The van der Waals surface area contributed by atoms with Gasteiger partial charge in [0.05, 0.1) is 27.5 Å². The minimum absolute atomic E-state index is 0.214. The van der Waals surface area contributed by atoms with E-state index < -0.39 is 0 Å². The van der Waals surface area contributed by atoms with Crippen LogP contribution in [0.25, 0.3) is 0 Å². The van der Waals surface area contributed by atoms with Crippen LogP contribution in [-0.4, -0.2) is 12.4 Å². The predicted octanol–water partition coefficient (Wildman–Crippen LogP) is 5.16. The first-order chi connectivity index (χ1) is 9.24. The average Bonchev–Trinajstić information content (AvgIpc) is 2.34. The smallest absolute Gasteiger partial charge is 0.139 e. The monoisotopic (exact) mass is 336 g/mol. The zero-order valence-corrected chi connectivity index (χ0v) is 13.9. The van der Waals surface area contributed by atoms with Gasteiger partial charge in [-0.05, 0) is 25.3 Å². The van der Waals surface area contributed by atoms with E-state index in [0.29, 0.717) is 27.4 Å². The van der Waals surface area contributed by atoms with Gasteiger partial charge in [0.25, 0.3) is 0 Å². The highest BCUT2D eigenvalue weighted by Gasteiger charge is 2.20. The molecule has 1 rings (SSSR count). The van der Waals surface area contributed by atoms with Crippen LogP contribution in [0.1, 0.15) is 33.1 Å². The van der Waals surface area contributed by atoms with Crippen molar-refractivity contribution in [1.29, 1.82) is 5.41 Å². The highest BCUT2D eigenvalue weighted by Crippen LogP contribution is 2.34. The van der Waals surface area contributed by atoms with Crippen molar-refractivity contribution in [3.8, 4) is 5.75 Å². The summed E-state index contributed by atoms with van der Waals surface area (Å²) in [5, 5.41) is 8.76. The van der Waals surface area contributed by atoms with Crippen molar-refractivity contribution in [2.75, 3.05) is 6.61 Å². The summed E-state index contributed by atoms with van der Waals surface area (Å²) in [6, 6.07) is 3.19. The number of nitrogens with two attached hydrogens (primary N) is 1. The topological polar surface area (TPSA) is 59.1 Å². The summed E-state index contributed by atoms with van der Waals surface area (Å²) in [6.45, 7) is 4.46. The van der Waals surface area contributed by atoms with Crippen molar-refractivity contribution >= 4 is 40.6 Å². The van der Waals surface area contributed by atoms with Crippen LogP contribution in [0.2, 0.25) is 15.1 Å². The Labute approximate surface area is 134 Å². The maximum absolute atomic E-state index is 7.49. The van der Waals surface area contributed by atoms with Gasteiger partial charge in [-0.1, -0.05) is 48.7 Å². The molecule has 6 heteroatoms. The van der Waals surface area contributed by atoms with Gasteiger partial charge >= 0.3 is 0 Å². The first kappa shape index (κ1) is 17.4. The molecule has 0 bridgehead atoms. The Morgan fingerprint density at radius 3 is 2.35 bits per heavy atom. The summed E-state index contributed by atoms with van der Waals surface area (Å²) < 4.78 is 5.59. The lowest BCUT2D eigenvalue weighted by Gasteiger charge is -2.22. The van der Waals surface area contributed by atoms with Crippen LogP contribution in [0, 0.1) is 10.8 Å². The summed E-state index contributed by atoms with van der Waals surface area (Å²) in [5.74, 6) is 0.748. The molecule has 112 valence electrons. The second-order valence-corrected chi connectivity index (χ2v) is 6.52. The SMILES string of the molecule is CC(C)(CCCCOc1cc(Cl)c(Cl)cc1Cl)C(=N)N. The molecular formula is C14H19Cl3N2O. The lowest BCUT2D eigenvalue weighted by molar-refractivity contribution is 0.296. The lowest BCUT2D eigenvalue weighted by Crippen LogP contribution is -2.30. The Hall–Kier alpha value is -0.640. The summed E-state index contributed by atoms with van der Waals surface area (Å²) in [7, 11) is 0. The van der Waals surface area contributed by atoms with Gasteiger partial charge < -0.3 is 10.5 Å². The molecule has 1 aromatic carbocycles. The third-order valence-corrected chi connectivity index (χ3v) is 4.18. The van der Waals surface area contributed by atoms with E-state index in [1.54, 1.807) is 12.1 Å². The summed E-state index contributed by atoms with van der Waals surface area (Å²) in [5.41, 5.74) is 5.27. The van der Waals surface area contributed by atoms with Gasteiger partial charge in [-0.2, -0.15) is 0 Å². The minimum Gasteiger partial charge on any atom is -0.492 e. The van der Waals surface area contributed by atoms with Crippen molar-refractivity contribution < 1.29 is 4.74 Å². The molecule has 0 saturated heterocycles. The first-order valence-corrected chi connectivity index (χ1v) is 7.49. The molecule has 0 saturated carbocycles. The van der Waals surface area contributed by atoms with Gasteiger partial charge in [-0.3, -0.25) is 5.41 Å². The molecule has 0 heterocycles. The van der Waals surface area contributed by atoms with Crippen LogP contribution in [0.4, 0.5) is 0 Å². The van der Waals surface area contributed by atoms with E-state index in [9.17, 15) is 0 Å².